The zero-order valence-electron chi connectivity index (χ0n) is 12.3. The number of anilines is 1. The predicted molar refractivity (Wildman–Crippen MR) is 83.1 cm³/mol. The lowest BCUT2D eigenvalue weighted by molar-refractivity contribution is 0.0662. The Labute approximate surface area is 122 Å². The second-order valence-electron chi connectivity index (χ2n) is 6.05. The van der Waals surface area contributed by atoms with Gasteiger partial charge in [-0.05, 0) is 55.8 Å². The number of rotatable bonds is 5. The van der Waals surface area contributed by atoms with Gasteiger partial charge in [0.25, 0.3) is 0 Å². The van der Waals surface area contributed by atoms with Gasteiger partial charge in [-0.1, -0.05) is 12.1 Å². The Morgan fingerprint density at radius 1 is 1.05 bits per heavy atom. The van der Waals surface area contributed by atoms with Gasteiger partial charge in [-0.2, -0.15) is 0 Å². The molecule has 3 heteroatoms. The molecule has 0 bridgehead atoms. The van der Waals surface area contributed by atoms with E-state index in [0.29, 0.717) is 0 Å². The highest BCUT2D eigenvalue weighted by atomic mass is 16.5. The zero-order chi connectivity index (χ0) is 13.6. The van der Waals surface area contributed by atoms with E-state index in [9.17, 15) is 0 Å². The van der Waals surface area contributed by atoms with Gasteiger partial charge in [0.05, 0.1) is 0 Å². The van der Waals surface area contributed by atoms with E-state index in [0.717, 1.165) is 32.2 Å². The summed E-state index contributed by atoms with van der Waals surface area (Å²) in [7, 11) is 0. The largest absolute Gasteiger partial charge is 0.381 e. The van der Waals surface area contributed by atoms with Crippen LogP contribution in [0.25, 0.3) is 0 Å². The van der Waals surface area contributed by atoms with Crippen molar-refractivity contribution in [1.82, 2.24) is 5.32 Å². The van der Waals surface area contributed by atoms with E-state index in [-0.39, 0.29) is 0 Å². The summed E-state index contributed by atoms with van der Waals surface area (Å²) in [6.45, 7) is 6.44. The molecule has 0 aromatic heterocycles. The van der Waals surface area contributed by atoms with Crippen LogP contribution in [0.3, 0.4) is 0 Å². The van der Waals surface area contributed by atoms with Crippen LogP contribution in [0.4, 0.5) is 5.69 Å². The maximum Gasteiger partial charge on any atom is 0.0469 e. The topological polar surface area (TPSA) is 24.5 Å². The average Bonchev–Trinajstić information content (AvgIpc) is 3.03. The first-order chi connectivity index (χ1) is 9.92. The second-order valence-corrected chi connectivity index (χ2v) is 6.05. The minimum Gasteiger partial charge on any atom is -0.381 e. The summed E-state index contributed by atoms with van der Waals surface area (Å²) in [5.74, 6) is 0.799. The molecular formula is C17H26N2O. The summed E-state index contributed by atoms with van der Waals surface area (Å²) in [6, 6.07) is 9.09. The van der Waals surface area contributed by atoms with E-state index in [1.165, 1.54) is 50.0 Å². The molecule has 2 heterocycles. The fourth-order valence-electron chi connectivity index (χ4n) is 3.17. The molecule has 0 unspecified atom stereocenters. The van der Waals surface area contributed by atoms with Crippen molar-refractivity contribution in [3.05, 3.63) is 29.8 Å². The molecule has 0 spiro atoms. The second kappa shape index (κ2) is 7.09. The van der Waals surface area contributed by atoms with Crippen LogP contribution in [0, 0.1) is 5.92 Å². The Hall–Kier alpha value is -1.06. The molecule has 2 saturated heterocycles. The molecule has 0 aliphatic carbocycles. The molecule has 1 N–H and O–H groups in total. The maximum atomic E-state index is 5.39. The molecule has 1 aromatic rings. The normalized spacial score (nSPS) is 20.5. The van der Waals surface area contributed by atoms with Gasteiger partial charge in [-0.3, -0.25) is 0 Å². The van der Waals surface area contributed by atoms with Crippen molar-refractivity contribution in [2.45, 2.75) is 32.2 Å². The molecule has 0 atom stereocenters. The van der Waals surface area contributed by atoms with E-state index in [4.69, 9.17) is 4.74 Å². The SMILES string of the molecule is c1cc(N2CCCC2)ccc1CNCC1CCOCC1. The highest BCUT2D eigenvalue weighted by Gasteiger charge is 2.13. The number of hydrogen-bond acceptors (Lipinski definition) is 3. The monoisotopic (exact) mass is 274 g/mol. The van der Waals surface area contributed by atoms with Gasteiger partial charge in [-0.25, -0.2) is 0 Å². The summed E-state index contributed by atoms with van der Waals surface area (Å²) in [5, 5.41) is 3.59. The molecule has 0 amide bonds. The van der Waals surface area contributed by atoms with Crippen LogP contribution in [-0.2, 0) is 11.3 Å². The summed E-state index contributed by atoms with van der Waals surface area (Å²) < 4.78 is 5.39. The van der Waals surface area contributed by atoms with Gasteiger partial charge in [0.2, 0.25) is 0 Å². The fourth-order valence-corrected chi connectivity index (χ4v) is 3.17. The van der Waals surface area contributed by atoms with Crippen molar-refractivity contribution < 1.29 is 4.74 Å². The third kappa shape index (κ3) is 3.74. The third-order valence-corrected chi connectivity index (χ3v) is 4.51. The number of ether oxygens (including phenoxy) is 1. The van der Waals surface area contributed by atoms with E-state index >= 15 is 0 Å². The zero-order valence-corrected chi connectivity index (χ0v) is 12.3. The summed E-state index contributed by atoms with van der Waals surface area (Å²) in [5.41, 5.74) is 2.77. The number of benzene rings is 1. The van der Waals surface area contributed by atoms with Crippen molar-refractivity contribution in [1.29, 1.82) is 0 Å². The van der Waals surface area contributed by atoms with Crippen LogP contribution < -0.4 is 10.2 Å². The van der Waals surface area contributed by atoms with Crippen LogP contribution >= 0.6 is 0 Å². The van der Waals surface area contributed by atoms with Gasteiger partial charge in [0.1, 0.15) is 0 Å². The minimum atomic E-state index is 0.799. The van der Waals surface area contributed by atoms with Gasteiger partial charge in [0, 0.05) is 38.5 Å². The van der Waals surface area contributed by atoms with Crippen LogP contribution in [0.15, 0.2) is 24.3 Å². The standard InChI is InChI=1S/C17H26N2O/c1-2-10-19(9-1)17-5-3-15(4-6-17)13-18-14-16-7-11-20-12-8-16/h3-6,16,18H,1-2,7-14H2. The molecule has 110 valence electrons. The predicted octanol–water partition coefficient (Wildman–Crippen LogP) is 2.80. The number of hydrogen-bond donors (Lipinski definition) is 1. The highest BCUT2D eigenvalue weighted by Crippen LogP contribution is 2.20. The smallest absolute Gasteiger partial charge is 0.0469 e. The quantitative estimate of drug-likeness (QED) is 0.893. The number of nitrogens with zero attached hydrogens (tertiary/aromatic N) is 1. The van der Waals surface area contributed by atoms with Crippen molar-refractivity contribution >= 4 is 5.69 Å². The van der Waals surface area contributed by atoms with E-state index in [1.54, 1.807) is 0 Å². The Morgan fingerprint density at radius 3 is 2.45 bits per heavy atom. The lowest BCUT2D eigenvalue weighted by Gasteiger charge is -2.22. The van der Waals surface area contributed by atoms with Gasteiger partial charge in [-0.15, -0.1) is 0 Å². The molecule has 0 radical (unpaired) electrons. The summed E-state index contributed by atoms with van der Waals surface area (Å²) in [6.07, 6.45) is 5.10. The molecule has 2 aliphatic heterocycles. The van der Waals surface area contributed by atoms with Crippen LogP contribution in [-0.4, -0.2) is 32.8 Å². The molecule has 3 rings (SSSR count). The molecule has 3 nitrogen and oxygen atoms in total. The lowest BCUT2D eigenvalue weighted by Crippen LogP contribution is -2.27. The summed E-state index contributed by atoms with van der Waals surface area (Å²) in [4.78, 5) is 2.49. The Kier molecular flexibility index (Phi) is 4.93. The maximum absolute atomic E-state index is 5.39. The van der Waals surface area contributed by atoms with Crippen molar-refractivity contribution in [3.8, 4) is 0 Å². The minimum absolute atomic E-state index is 0.799. The molecule has 0 saturated carbocycles. The third-order valence-electron chi connectivity index (χ3n) is 4.51. The molecular weight excluding hydrogens is 248 g/mol. The molecule has 2 aliphatic rings. The first-order valence-corrected chi connectivity index (χ1v) is 8.04. The van der Waals surface area contributed by atoms with Gasteiger partial charge < -0.3 is 15.0 Å². The Balaban J connectivity index is 1.43. The van der Waals surface area contributed by atoms with Crippen LogP contribution in [0.2, 0.25) is 0 Å². The average molecular weight is 274 g/mol. The molecule has 20 heavy (non-hydrogen) atoms. The fraction of sp³-hybridized carbons (Fsp3) is 0.647. The highest BCUT2D eigenvalue weighted by molar-refractivity contribution is 5.48. The van der Waals surface area contributed by atoms with Crippen molar-refractivity contribution in [3.63, 3.8) is 0 Å². The Bertz CT molecular complexity index is 392. The van der Waals surface area contributed by atoms with Gasteiger partial charge in [0.15, 0.2) is 0 Å². The summed E-state index contributed by atoms with van der Waals surface area (Å²) >= 11 is 0. The van der Waals surface area contributed by atoms with Gasteiger partial charge >= 0.3 is 0 Å². The van der Waals surface area contributed by atoms with E-state index in [2.05, 4.69) is 34.5 Å². The first kappa shape index (κ1) is 13.9. The van der Waals surface area contributed by atoms with E-state index < -0.39 is 0 Å². The van der Waals surface area contributed by atoms with E-state index in [1.807, 2.05) is 0 Å². The Morgan fingerprint density at radius 2 is 1.75 bits per heavy atom. The molecule has 2 fully saturated rings. The van der Waals surface area contributed by atoms with Crippen LogP contribution in [0.1, 0.15) is 31.2 Å². The first-order valence-electron chi connectivity index (χ1n) is 8.04. The van der Waals surface area contributed by atoms with Crippen LogP contribution in [0.5, 0.6) is 0 Å². The van der Waals surface area contributed by atoms with Crippen molar-refractivity contribution in [2.24, 2.45) is 5.92 Å². The molecule has 1 aromatic carbocycles. The lowest BCUT2D eigenvalue weighted by atomic mass is 10.0. The number of nitrogens with one attached hydrogen (secondary N) is 1. The van der Waals surface area contributed by atoms with Crippen molar-refractivity contribution in [2.75, 3.05) is 37.7 Å².